The summed E-state index contributed by atoms with van der Waals surface area (Å²) in [6.07, 6.45) is 0. The molecule has 224 valence electrons. The van der Waals surface area contributed by atoms with Gasteiger partial charge in [0.1, 0.15) is 0 Å². The Morgan fingerprint density at radius 1 is 0.417 bits per heavy atom. The van der Waals surface area contributed by atoms with Crippen LogP contribution in [0.25, 0.3) is 92.3 Å². The van der Waals surface area contributed by atoms with Gasteiger partial charge in [0.2, 0.25) is 0 Å². The summed E-state index contributed by atoms with van der Waals surface area (Å²) in [5.74, 6) is 0.711. The van der Waals surface area contributed by atoms with Crippen LogP contribution in [0.3, 0.4) is 0 Å². The van der Waals surface area contributed by atoms with Gasteiger partial charge in [-0.3, -0.25) is 0 Å². The van der Waals surface area contributed by atoms with E-state index in [-0.39, 0.29) is 0 Å². The fraction of sp³-hybridized carbons (Fsp3) is 0. The molecular weight excluding hydrogens is 603 g/mol. The van der Waals surface area contributed by atoms with Crippen LogP contribution in [0, 0.1) is 0 Å². The molecule has 0 bridgehead atoms. The summed E-state index contributed by atoms with van der Waals surface area (Å²) in [5, 5.41) is 7.78. The number of thiophene rings is 1. The molecule has 0 N–H and O–H groups in total. The van der Waals surface area contributed by atoms with Crippen molar-refractivity contribution in [2.45, 2.75) is 0 Å². The lowest BCUT2D eigenvalue weighted by Crippen LogP contribution is -1.97. The second kappa shape index (κ2) is 10.7. The highest BCUT2D eigenvalue weighted by Gasteiger charge is 2.18. The number of fused-ring (bicyclic) bond motifs is 8. The van der Waals surface area contributed by atoms with Crippen LogP contribution in [0.4, 0.5) is 0 Å². The third kappa shape index (κ3) is 4.27. The molecule has 0 aliphatic carbocycles. The van der Waals surface area contributed by atoms with E-state index < -0.39 is 0 Å². The molecule has 7 aromatic carbocycles. The predicted molar refractivity (Wildman–Crippen MR) is 203 cm³/mol. The number of nitrogens with zero attached hydrogens (tertiary/aromatic N) is 3. The van der Waals surface area contributed by atoms with E-state index in [1.165, 1.54) is 52.8 Å². The van der Waals surface area contributed by atoms with Gasteiger partial charge in [-0.25, -0.2) is 9.97 Å². The van der Waals surface area contributed by atoms with Crippen LogP contribution in [-0.4, -0.2) is 14.5 Å². The molecule has 0 aliphatic rings. The zero-order chi connectivity index (χ0) is 31.6. The smallest absolute Gasteiger partial charge is 0.160 e. The summed E-state index contributed by atoms with van der Waals surface area (Å²) in [6, 6.07) is 58.2. The average Bonchev–Trinajstić information content (AvgIpc) is 3.69. The van der Waals surface area contributed by atoms with Crippen LogP contribution < -0.4 is 0 Å². The fourth-order valence-electron chi connectivity index (χ4n) is 7.14. The number of hydrogen-bond acceptors (Lipinski definition) is 3. The molecular formula is C44H27N3S. The van der Waals surface area contributed by atoms with Crippen molar-refractivity contribution in [3.05, 3.63) is 164 Å². The molecule has 4 heteroatoms. The summed E-state index contributed by atoms with van der Waals surface area (Å²) in [5.41, 5.74) is 8.45. The zero-order valence-corrected chi connectivity index (χ0v) is 26.7. The van der Waals surface area contributed by atoms with Crippen molar-refractivity contribution in [2.24, 2.45) is 0 Å². The van der Waals surface area contributed by atoms with E-state index in [1.54, 1.807) is 0 Å². The first-order valence-electron chi connectivity index (χ1n) is 16.2. The maximum absolute atomic E-state index is 5.05. The Morgan fingerprint density at radius 3 is 1.75 bits per heavy atom. The molecule has 0 radical (unpaired) electrons. The molecule has 48 heavy (non-hydrogen) atoms. The monoisotopic (exact) mass is 629 g/mol. The summed E-state index contributed by atoms with van der Waals surface area (Å²) in [7, 11) is 0. The third-order valence-electron chi connectivity index (χ3n) is 9.39. The van der Waals surface area contributed by atoms with Gasteiger partial charge < -0.3 is 4.57 Å². The number of aromatic nitrogens is 3. The Balaban J connectivity index is 1.15. The summed E-state index contributed by atoms with van der Waals surface area (Å²) in [4.78, 5) is 10.1. The van der Waals surface area contributed by atoms with Gasteiger partial charge in [-0.05, 0) is 71.4 Å². The van der Waals surface area contributed by atoms with Crippen molar-refractivity contribution in [3.63, 3.8) is 0 Å². The Kier molecular flexibility index (Phi) is 6.05. The van der Waals surface area contributed by atoms with Crippen molar-refractivity contribution in [2.75, 3.05) is 0 Å². The summed E-state index contributed by atoms with van der Waals surface area (Å²) in [6.45, 7) is 0. The minimum absolute atomic E-state index is 0.711. The van der Waals surface area contributed by atoms with Crippen LogP contribution in [0.1, 0.15) is 0 Å². The van der Waals surface area contributed by atoms with Crippen molar-refractivity contribution >= 4 is 64.1 Å². The molecule has 3 nitrogen and oxygen atoms in total. The first-order valence-corrected chi connectivity index (χ1v) is 17.0. The van der Waals surface area contributed by atoms with Crippen LogP contribution in [0.5, 0.6) is 0 Å². The molecule has 0 amide bonds. The third-order valence-corrected chi connectivity index (χ3v) is 10.5. The minimum Gasteiger partial charge on any atom is -0.309 e. The van der Waals surface area contributed by atoms with Crippen LogP contribution in [0.15, 0.2) is 164 Å². The normalized spacial score (nSPS) is 11.8. The average molecular weight is 630 g/mol. The fourth-order valence-corrected chi connectivity index (χ4v) is 8.28. The van der Waals surface area contributed by atoms with E-state index in [9.17, 15) is 0 Å². The van der Waals surface area contributed by atoms with E-state index >= 15 is 0 Å². The summed E-state index contributed by atoms with van der Waals surface area (Å²) < 4.78 is 5.04. The molecule has 0 atom stereocenters. The molecule has 0 fully saturated rings. The maximum atomic E-state index is 5.05. The molecule has 10 aromatic rings. The van der Waals surface area contributed by atoms with Gasteiger partial charge in [0.05, 0.1) is 22.4 Å². The minimum atomic E-state index is 0.711. The molecule has 0 spiro atoms. The van der Waals surface area contributed by atoms with Gasteiger partial charge in [0.25, 0.3) is 0 Å². The first-order chi connectivity index (χ1) is 23.8. The van der Waals surface area contributed by atoms with Crippen LogP contribution in [-0.2, 0) is 0 Å². The highest BCUT2D eigenvalue weighted by Crippen LogP contribution is 2.44. The van der Waals surface area contributed by atoms with Crippen LogP contribution in [0.2, 0.25) is 0 Å². The second-order valence-corrected chi connectivity index (χ2v) is 13.3. The van der Waals surface area contributed by atoms with Crippen LogP contribution >= 0.6 is 11.3 Å². The lowest BCUT2D eigenvalue weighted by atomic mass is 10.0. The van der Waals surface area contributed by atoms with E-state index in [0.717, 1.165) is 33.8 Å². The highest BCUT2D eigenvalue weighted by molar-refractivity contribution is 7.26. The SMILES string of the molecule is c1ccc(-c2cc(-c3ccccc3)nc(-c3ccc(-n4c5ccccc5c5c6c(ccc54)sc4cc5ccccc5cc46)cc3)n2)cc1. The van der Waals surface area contributed by atoms with E-state index in [2.05, 4.69) is 156 Å². The Labute approximate surface area is 281 Å². The molecule has 0 saturated carbocycles. The second-order valence-electron chi connectivity index (χ2n) is 12.2. The maximum Gasteiger partial charge on any atom is 0.160 e. The van der Waals surface area contributed by atoms with Gasteiger partial charge >= 0.3 is 0 Å². The number of para-hydroxylation sites is 1. The largest absolute Gasteiger partial charge is 0.309 e. The van der Waals surface area contributed by atoms with Crippen molar-refractivity contribution in [1.29, 1.82) is 0 Å². The standard InChI is InChI=1S/C44H27N3S/c1-3-11-28(12-4-1)36-27-37(29-13-5-2-6-14-29)46-44(45-36)30-19-21-33(22-20-30)47-38-18-10-9-17-34(38)42-39(47)23-24-40-43(42)35-25-31-15-7-8-16-32(31)26-41(35)48-40/h1-27H. The van der Waals surface area contributed by atoms with Gasteiger partial charge in [-0.1, -0.05) is 103 Å². The Hall–Kier alpha value is -6.10. The van der Waals surface area contributed by atoms with Gasteiger partial charge in [0, 0.05) is 53.3 Å². The quantitative estimate of drug-likeness (QED) is 0.194. The van der Waals surface area contributed by atoms with E-state index in [0.29, 0.717) is 5.82 Å². The first kappa shape index (κ1) is 27.1. The molecule has 0 aliphatic heterocycles. The molecule has 10 rings (SSSR count). The number of rotatable bonds is 4. The van der Waals surface area contributed by atoms with Gasteiger partial charge in [-0.15, -0.1) is 11.3 Å². The number of benzene rings is 7. The van der Waals surface area contributed by atoms with E-state index in [1.807, 2.05) is 23.5 Å². The van der Waals surface area contributed by atoms with Crippen molar-refractivity contribution in [1.82, 2.24) is 14.5 Å². The van der Waals surface area contributed by atoms with Gasteiger partial charge in [-0.2, -0.15) is 0 Å². The molecule has 0 unspecified atom stereocenters. The Bertz CT molecular complexity index is 2760. The van der Waals surface area contributed by atoms with E-state index in [4.69, 9.17) is 9.97 Å². The zero-order valence-electron chi connectivity index (χ0n) is 25.8. The molecule has 0 saturated heterocycles. The molecule has 3 aromatic heterocycles. The topological polar surface area (TPSA) is 30.7 Å². The predicted octanol–water partition coefficient (Wildman–Crippen LogP) is 12.1. The van der Waals surface area contributed by atoms with Crippen molar-refractivity contribution in [3.8, 4) is 39.6 Å². The van der Waals surface area contributed by atoms with Crippen molar-refractivity contribution < 1.29 is 0 Å². The highest BCUT2D eigenvalue weighted by atomic mass is 32.1. The summed E-state index contributed by atoms with van der Waals surface area (Å²) >= 11 is 1.88. The van der Waals surface area contributed by atoms with Gasteiger partial charge in [0.15, 0.2) is 5.82 Å². The Morgan fingerprint density at radius 2 is 1.04 bits per heavy atom. The molecule has 3 heterocycles. The lowest BCUT2D eigenvalue weighted by molar-refractivity contribution is 1.16. The lowest BCUT2D eigenvalue weighted by Gasteiger charge is -2.11. The number of hydrogen-bond donors (Lipinski definition) is 0.